The molecule has 0 aliphatic rings. The molecule has 0 saturated carbocycles. The van der Waals surface area contributed by atoms with Crippen LogP contribution in [0.15, 0.2) is 34.2 Å². The van der Waals surface area contributed by atoms with Crippen molar-refractivity contribution >= 4 is 17.7 Å². The van der Waals surface area contributed by atoms with Gasteiger partial charge in [-0.15, -0.1) is 0 Å². The normalized spacial score (nSPS) is 10.5. The zero-order valence-corrected chi connectivity index (χ0v) is 11.4. The maximum atomic E-state index is 13.6. The van der Waals surface area contributed by atoms with Crippen LogP contribution < -0.4 is 5.32 Å². The molecule has 0 fully saturated rings. The summed E-state index contributed by atoms with van der Waals surface area (Å²) in [4.78, 5) is 8.65. The molecule has 1 aromatic heterocycles. The SMILES string of the molecule is CCNc1nc(C)cc(Sc2cc(F)ccc2F)n1. The summed E-state index contributed by atoms with van der Waals surface area (Å²) in [6, 6.07) is 5.09. The lowest BCUT2D eigenvalue weighted by Crippen LogP contribution is -2.03. The molecule has 1 aromatic carbocycles. The van der Waals surface area contributed by atoms with Crippen LogP contribution in [0, 0.1) is 18.6 Å². The number of nitrogens with zero attached hydrogens (tertiary/aromatic N) is 2. The fourth-order valence-electron chi connectivity index (χ4n) is 1.50. The first-order valence-corrected chi connectivity index (χ1v) is 6.62. The van der Waals surface area contributed by atoms with Crippen LogP contribution in [0.2, 0.25) is 0 Å². The van der Waals surface area contributed by atoms with Gasteiger partial charge in [-0.05, 0) is 38.1 Å². The molecular weight excluding hydrogens is 268 g/mol. The molecule has 0 amide bonds. The largest absolute Gasteiger partial charge is 0.354 e. The van der Waals surface area contributed by atoms with E-state index in [0.29, 0.717) is 17.5 Å². The van der Waals surface area contributed by atoms with E-state index in [1.807, 2.05) is 13.8 Å². The first-order valence-electron chi connectivity index (χ1n) is 5.81. The lowest BCUT2D eigenvalue weighted by molar-refractivity contribution is 0.577. The molecule has 0 radical (unpaired) electrons. The van der Waals surface area contributed by atoms with Gasteiger partial charge in [0.2, 0.25) is 5.95 Å². The van der Waals surface area contributed by atoms with Crippen LogP contribution in [0.3, 0.4) is 0 Å². The van der Waals surface area contributed by atoms with Crippen molar-refractivity contribution in [2.24, 2.45) is 0 Å². The van der Waals surface area contributed by atoms with Crippen molar-refractivity contribution in [3.05, 3.63) is 41.6 Å². The summed E-state index contributed by atoms with van der Waals surface area (Å²) in [6.07, 6.45) is 0. The van der Waals surface area contributed by atoms with Gasteiger partial charge in [-0.3, -0.25) is 0 Å². The van der Waals surface area contributed by atoms with Crippen molar-refractivity contribution in [2.45, 2.75) is 23.8 Å². The highest BCUT2D eigenvalue weighted by Gasteiger charge is 2.09. The van der Waals surface area contributed by atoms with E-state index in [-0.39, 0.29) is 4.90 Å². The Morgan fingerprint density at radius 3 is 2.74 bits per heavy atom. The van der Waals surface area contributed by atoms with Gasteiger partial charge in [-0.1, -0.05) is 11.8 Å². The van der Waals surface area contributed by atoms with Gasteiger partial charge in [0.1, 0.15) is 16.7 Å². The third-order valence-electron chi connectivity index (χ3n) is 2.27. The minimum atomic E-state index is -0.471. The molecule has 100 valence electrons. The van der Waals surface area contributed by atoms with Gasteiger partial charge in [0, 0.05) is 12.2 Å². The number of anilines is 1. The topological polar surface area (TPSA) is 37.8 Å². The molecule has 0 bridgehead atoms. The fraction of sp³-hybridized carbons (Fsp3) is 0.231. The van der Waals surface area contributed by atoms with Crippen LogP contribution in [0.5, 0.6) is 0 Å². The molecule has 19 heavy (non-hydrogen) atoms. The van der Waals surface area contributed by atoms with Gasteiger partial charge in [0.05, 0.1) is 4.90 Å². The number of benzene rings is 1. The second kappa shape index (κ2) is 5.97. The van der Waals surface area contributed by atoms with Crippen LogP contribution in [0.25, 0.3) is 0 Å². The van der Waals surface area contributed by atoms with Crippen LogP contribution >= 0.6 is 11.8 Å². The maximum absolute atomic E-state index is 13.6. The van der Waals surface area contributed by atoms with Crippen molar-refractivity contribution in [2.75, 3.05) is 11.9 Å². The smallest absolute Gasteiger partial charge is 0.223 e. The Bertz CT molecular complexity index is 590. The summed E-state index contributed by atoms with van der Waals surface area (Å²) in [5.74, 6) is -0.448. The van der Waals surface area contributed by atoms with E-state index < -0.39 is 11.6 Å². The summed E-state index contributed by atoms with van der Waals surface area (Å²) >= 11 is 1.08. The number of hydrogen-bond acceptors (Lipinski definition) is 4. The Kier molecular flexibility index (Phi) is 4.31. The van der Waals surface area contributed by atoms with Crippen LogP contribution in [0.4, 0.5) is 14.7 Å². The summed E-state index contributed by atoms with van der Waals surface area (Å²) in [5, 5.41) is 3.57. The van der Waals surface area contributed by atoms with E-state index in [9.17, 15) is 8.78 Å². The fourth-order valence-corrected chi connectivity index (χ4v) is 2.42. The summed E-state index contributed by atoms with van der Waals surface area (Å²) < 4.78 is 26.7. The van der Waals surface area contributed by atoms with E-state index in [0.717, 1.165) is 35.7 Å². The van der Waals surface area contributed by atoms with Crippen LogP contribution in [0.1, 0.15) is 12.6 Å². The average molecular weight is 281 g/mol. The third kappa shape index (κ3) is 3.64. The van der Waals surface area contributed by atoms with Gasteiger partial charge in [0.15, 0.2) is 0 Å². The highest BCUT2D eigenvalue weighted by atomic mass is 32.2. The molecule has 2 rings (SSSR count). The molecular formula is C13H13F2N3S. The number of aromatic nitrogens is 2. The Morgan fingerprint density at radius 2 is 2.00 bits per heavy atom. The molecule has 0 spiro atoms. The number of halogens is 2. The standard InChI is InChI=1S/C13H13F2N3S/c1-3-16-13-17-8(2)6-12(18-13)19-11-7-9(14)4-5-10(11)15/h4-7H,3H2,1-2H3,(H,16,17,18). The van der Waals surface area contributed by atoms with Crippen molar-refractivity contribution in [3.63, 3.8) is 0 Å². The van der Waals surface area contributed by atoms with Gasteiger partial charge in [0.25, 0.3) is 0 Å². The molecule has 0 aliphatic heterocycles. The first-order chi connectivity index (χ1) is 9.08. The van der Waals surface area contributed by atoms with Gasteiger partial charge >= 0.3 is 0 Å². The third-order valence-corrected chi connectivity index (χ3v) is 3.22. The van der Waals surface area contributed by atoms with Crippen molar-refractivity contribution in [1.82, 2.24) is 9.97 Å². The zero-order chi connectivity index (χ0) is 13.8. The van der Waals surface area contributed by atoms with Gasteiger partial charge < -0.3 is 5.32 Å². The molecule has 6 heteroatoms. The lowest BCUT2D eigenvalue weighted by Gasteiger charge is -2.07. The summed E-state index contributed by atoms with van der Waals surface area (Å²) in [7, 11) is 0. The van der Waals surface area contributed by atoms with E-state index in [1.54, 1.807) is 6.07 Å². The minimum absolute atomic E-state index is 0.209. The van der Waals surface area contributed by atoms with E-state index in [1.165, 1.54) is 0 Å². The minimum Gasteiger partial charge on any atom is -0.354 e. The zero-order valence-electron chi connectivity index (χ0n) is 10.6. The lowest BCUT2D eigenvalue weighted by atomic mass is 10.3. The maximum Gasteiger partial charge on any atom is 0.223 e. The molecule has 2 aromatic rings. The van der Waals surface area contributed by atoms with Crippen molar-refractivity contribution in [1.29, 1.82) is 0 Å². The number of rotatable bonds is 4. The van der Waals surface area contributed by atoms with Crippen molar-refractivity contribution < 1.29 is 8.78 Å². The molecule has 1 N–H and O–H groups in total. The van der Waals surface area contributed by atoms with E-state index >= 15 is 0 Å². The predicted molar refractivity (Wildman–Crippen MR) is 71.4 cm³/mol. The second-order valence-corrected chi connectivity index (χ2v) is 4.94. The first kappa shape index (κ1) is 13.7. The van der Waals surface area contributed by atoms with Gasteiger partial charge in [-0.25, -0.2) is 18.7 Å². The monoisotopic (exact) mass is 281 g/mol. The molecule has 0 atom stereocenters. The number of hydrogen-bond donors (Lipinski definition) is 1. The molecule has 0 saturated heterocycles. The van der Waals surface area contributed by atoms with E-state index in [4.69, 9.17) is 0 Å². The summed E-state index contributed by atoms with van der Waals surface area (Å²) in [5.41, 5.74) is 0.769. The molecule has 1 heterocycles. The summed E-state index contributed by atoms with van der Waals surface area (Å²) in [6.45, 7) is 4.46. The average Bonchev–Trinajstić information content (AvgIpc) is 2.33. The highest BCUT2D eigenvalue weighted by molar-refractivity contribution is 7.99. The van der Waals surface area contributed by atoms with Gasteiger partial charge in [-0.2, -0.15) is 0 Å². The van der Waals surface area contributed by atoms with E-state index in [2.05, 4.69) is 15.3 Å². The number of nitrogens with one attached hydrogen (secondary N) is 1. The Morgan fingerprint density at radius 1 is 1.21 bits per heavy atom. The van der Waals surface area contributed by atoms with Crippen molar-refractivity contribution in [3.8, 4) is 0 Å². The second-order valence-electron chi connectivity index (χ2n) is 3.88. The predicted octanol–water partition coefficient (Wildman–Crippen LogP) is 3.65. The van der Waals surface area contributed by atoms with Crippen LogP contribution in [-0.4, -0.2) is 16.5 Å². The molecule has 3 nitrogen and oxygen atoms in total. The Hall–Kier alpha value is -1.69. The molecule has 0 aliphatic carbocycles. The quantitative estimate of drug-likeness (QED) is 0.868. The molecule has 0 unspecified atom stereocenters. The van der Waals surface area contributed by atoms with Crippen LogP contribution in [-0.2, 0) is 0 Å². The number of aryl methyl sites for hydroxylation is 1. The Labute approximate surface area is 114 Å². The highest BCUT2D eigenvalue weighted by Crippen LogP contribution is 2.29. The Balaban J connectivity index is 2.29.